The van der Waals surface area contributed by atoms with Crippen molar-refractivity contribution in [3.63, 3.8) is 0 Å². The van der Waals surface area contributed by atoms with Crippen LogP contribution < -0.4 is 0 Å². The van der Waals surface area contributed by atoms with E-state index in [1.165, 1.54) is 44.9 Å². The molecule has 0 rings (SSSR count). The van der Waals surface area contributed by atoms with E-state index in [4.69, 9.17) is 4.52 Å². The summed E-state index contributed by atoms with van der Waals surface area (Å²) in [5.74, 6) is 0.579. The van der Waals surface area contributed by atoms with E-state index in [1.807, 2.05) is 0 Å². The summed E-state index contributed by atoms with van der Waals surface area (Å²) in [4.78, 5) is 0. The predicted molar refractivity (Wildman–Crippen MR) is 85.1 cm³/mol. The third-order valence-corrected chi connectivity index (χ3v) is 5.12. The van der Waals surface area contributed by atoms with E-state index in [9.17, 15) is 4.57 Å². The van der Waals surface area contributed by atoms with Crippen LogP contribution in [0.3, 0.4) is 0 Å². The molecule has 0 spiro atoms. The summed E-state index contributed by atoms with van der Waals surface area (Å²) in [7, 11) is -1.46. The average molecular weight is 289 g/mol. The number of rotatable bonds is 13. The van der Waals surface area contributed by atoms with Crippen LogP contribution in [0.2, 0.25) is 0 Å². The predicted octanol–water partition coefficient (Wildman–Crippen LogP) is 6.32. The highest BCUT2D eigenvalue weighted by Crippen LogP contribution is 2.32. The Morgan fingerprint density at radius 3 is 2.21 bits per heavy atom. The molecular weight excluding hydrogens is 255 g/mol. The van der Waals surface area contributed by atoms with Gasteiger partial charge in [0.1, 0.15) is 6.10 Å². The zero-order valence-electron chi connectivity index (χ0n) is 13.5. The highest BCUT2D eigenvalue weighted by molar-refractivity contribution is 7.39. The smallest absolute Gasteiger partial charge is 0.143 e. The lowest BCUT2D eigenvalue weighted by molar-refractivity contribution is 0.216. The topological polar surface area (TPSA) is 26.3 Å². The third kappa shape index (κ3) is 11.6. The number of unbranched alkanes of at least 4 members (excludes halogenated alkanes) is 4. The summed E-state index contributed by atoms with van der Waals surface area (Å²) >= 11 is 0. The van der Waals surface area contributed by atoms with Gasteiger partial charge in [0, 0.05) is 5.92 Å². The van der Waals surface area contributed by atoms with Gasteiger partial charge in [-0.3, -0.25) is 0 Å². The lowest BCUT2D eigenvalue weighted by Crippen LogP contribution is -2.07. The first-order valence-corrected chi connectivity index (χ1v) is 9.61. The summed E-state index contributed by atoms with van der Waals surface area (Å²) in [6, 6.07) is 0. The van der Waals surface area contributed by atoms with Gasteiger partial charge >= 0.3 is 8.03 Å². The van der Waals surface area contributed by atoms with Crippen molar-refractivity contribution in [1.82, 2.24) is 0 Å². The van der Waals surface area contributed by atoms with Crippen molar-refractivity contribution in [3.8, 4) is 0 Å². The Bertz CT molecular complexity index is 219. The molecule has 0 bridgehead atoms. The van der Waals surface area contributed by atoms with Gasteiger partial charge in [-0.25, -0.2) is 0 Å². The van der Waals surface area contributed by atoms with E-state index in [2.05, 4.69) is 27.7 Å². The fourth-order valence-corrected chi connectivity index (χ4v) is 3.74. The maximum Gasteiger partial charge on any atom is 0.508 e. The second kappa shape index (κ2) is 13.1. The molecule has 0 saturated carbocycles. The fraction of sp³-hybridized carbons (Fsp3) is 1.00. The van der Waals surface area contributed by atoms with Crippen LogP contribution in [0.15, 0.2) is 0 Å². The van der Waals surface area contributed by atoms with Crippen molar-refractivity contribution in [2.24, 2.45) is 5.92 Å². The molecule has 2 nitrogen and oxygen atoms in total. The molecule has 19 heavy (non-hydrogen) atoms. The minimum atomic E-state index is -1.46. The largest absolute Gasteiger partial charge is 0.508 e. The van der Waals surface area contributed by atoms with Gasteiger partial charge in [0.2, 0.25) is 0 Å². The number of hydrogen-bond donors (Lipinski definition) is 0. The molecule has 0 aromatic heterocycles. The maximum absolute atomic E-state index is 12.0. The van der Waals surface area contributed by atoms with E-state index in [-0.39, 0.29) is 6.10 Å². The van der Waals surface area contributed by atoms with Gasteiger partial charge in [-0.1, -0.05) is 59.3 Å². The lowest BCUT2D eigenvalue weighted by Gasteiger charge is -2.09. The molecule has 3 unspecified atom stereocenters. The summed E-state index contributed by atoms with van der Waals surface area (Å²) < 4.78 is 17.7. The van der Waals surface area contributed by atoms with E-state index >= 15 is 0 Å². The van der Waals surface area contributed by atoms with Crippen molar-refractivity contribution in [2.75, 3.05) is 6.16 Å². The molecule has 0 heterocycles. The SMILES string of the molecule is CCCCCCC(C)O[P+](=O)CC(CC)CCCC. The van der Waals surface area contributed by atoms with Crippen LogP contribution in [0.4, 0.5) is 0 Å². The normalized spacial score (nSPS) is 15.3. The molecule has 0 radical (unpaired) electrons. The Balaban J connectivity index is 3.75. The first-order valence-electron chi connectivity index (χ1n) is 8.25. The van der Waals surface area contributed by atoms with Crippen molar-refractivity contribution in [2.45, 2.75) is 91.6 Å². The second-order valence-corrected chi connectivity index (χ2v) is 6.94. The van der Waals surface area contributed by atoms with Crippen molar-refractivity contribution < 1.29 is 9.09 Å². The van der Waals surface area contributed by atoms with Crippen LogP contribution >= 0.6 is 8.03 Å². The van der Waals surface area contributed by atoms with Gasteiger partial charge < -0.3 is 0 Å². The van der Waals surface area contributed by atoms with Gasteiger partial charge in [-0.05, 0) is 30.8 Å². The number of hydrogen-bond acceptors (Lipinski definition) is 2. The van der Waals surface area contributed by atoms with Crippen molar-refractivity contribution in [3.05, 3.63) is 0 Å². The first kappa shape index (κ1) is 19.1. The van der Waals surface area contributed by atoms with Crippen molar-refractivity contribution >= 4 is 8.03 Å². The van der Waals surface area contributed by atoms with Crippen LogP contribution in [0.5, 0.6) is 0 Å². The standard InChI is InChI=1S/C16H34O2P/c1-5-8-10-11-12-15(4)18-19(17)14-16(7-3)13-9-6-2/h15-16H,5-14H2,1-4H3/q+1. The Hall–Kier alpha value is 0.0600. The first-order chi connectivity index (χ1) is 9.13. The molecule has 3 heteroatoms. The Kier molecular flexibility index (Phi) is 13.1. The molecule has 0 aromatic carbocycles. The van der Waals surface area contributed by atoms with Gasteiger partial charge in [0.25, 0.3) is 0 Å². The zero-order valence-corrected chi connectivity index (χ0v) is 14.4. The van der Waals surface area contributed by atoms with Gasteiger partial charge in [0.05, 0.1) is 0 Å². The van der Waals surface area contributed by atoms with Gasteiger partial charge in [-0.15, -0.1) is 4.52 Å². The molecule has 3 atom stereocenters. The molecular formula is C16H34O2P+. The van der Waals surface area contributed by atoms with Crippen LogP contribution in [-0.4, -0.2) is 12.3 Å². The summed E-state index contributed by atoms with van der Waals surface area (Å²) in [5.41, 5.74) is 0. The molecule has 0 aliphatic heterocycles. The van der Waals surface area contributed by atoms with Crippen molar-refractivity contribution in [1.29, 1.82) is 0 Å². The van der Waals surface area contributed by atoms with E-state index in [0.717, 1.165) is 19.0 Å². The molecule has 114 valence electrons. The molecule has 0 saturated heterocycles. The quantitative estimate of drug-likeness (QED) is 0.293. The lowest BCUT2D eigenvalue weighted by atomic mass is 10.0. The summed E-state index contributed by atoms with van der Waals surface area (Å²) in [5, 5.41) is 0. The van der Waals surface area contributed by atoms with Crippen LogP contribution in [-0.2, 0) is 9.09 Å². The highest BCUT2D eigenvalue weighted by atomic mass is 31.1. The van der Waals surface area contributed by atoms with E-state index in [0.29, 0.717) is 5.92 Å². The molecule has 0 N–H and O–H groups in total. The molecule has 0 amide bonds. The average Bonchev–Trinajstić information content (AvgIpc) is 2.39. The molecule has 0 fully saturated rings. The van der Waals surface area contributed by atoms with Gasteiger partial charge in [0.15, 0.2) is 6.16 Å². The maximum atomic E-state index is 12.0. The van der Waals surface area contributed by atoms with Gasteiger partial charge in [-0.2, -0.15) is 0 Å². The molecule has 0 aliphatic rings. The minimum absolute atomic E-state index is 0.157. The molecule has 0 aliphatic carbocycles. The minimum Gasteiger partial charge on any atom is -0.143 e. The Labute approximate surface area is 121 Å². The van der Waals surface area contributed by atoms with E-state index in [1.54, 1.807) is 0 Å². The second-order valence-electron chi connectivity index (χ2n) is 5.70. The Morgan fingerprint density at radius 1 is 0.947 bits per heavy atom. The van der Waals surface area contributed by atoms with E-state index < -0.39 is 8.03 Å². The van der Waals surface area contributed by atoms with Crippen LogP contribution in [0.25, 0.3) is 0 Å². The third-order valence-electron chi connectivity index (χ3n) is 3.71. The summed E-state index contributed by atoms with van der Waals surface area (Å²) in [6.07, 6.45) is 11.8. The van der Waals surface area contributed by atoms with Crippen LogP contribution in [0, 0.1) is 5.92 Å². The summed E-state index contributed by atoms with van der Waals surface area (Å²) in [6.45, 7) is 8.68. The highest BCUT2D eigenvalue weighted by Gasteiger charge is 2.26. The zero-order chi connectivity index (χ0) is 14.5. The fourth-order valence-electron chi connectivity index (χ4n) is 2.28. The monoisotopic (exact) mass is 289 g/mol. The molecule has 0 aromatic rings. The Morgan fingerprint density at radius 2 is 1.63 bits per heavy atom. The van der Waals surface area contributed by atoms with Crippen LogP contribution in [0.1, 0.15) is 85.5 Å².